The first-order valence-corrected chi connectivity index (χ1v) is 10.9. The van der Waals surface area contributed by atoms with E-state index in [0.717, 1.165) is 22.3 Å². The number of likely N-dealkylation sites (tertiary alicyclic amines) is 1. The number of benzene rings is 1. The van der Waals surface area contributed by atoms with Gasteiger partial charge in [0.05, 0.1) is 0 Å². The van der Waals surface area contributed by atoms with Crippen LogP contribution in [-0.4, -0.2) is 47.8 Å². The molecule has 6 heteroatoms. The summed E-state index contributed by atoms with van der Waals surface area (Å²) in [4.78, 5) is 45.8. The van der Waals surface area contributed by atoms with Crippen LogP contribution in [0, 0.1) is 31.1 Å². The number of amides is 1. The van der Waals surface area contributed by atoms with Crippen LogP contribution in [0.15, 0.2) is 17.3 Å². The predicted molar refractivity (Wildman–Crippen MR) is 117 cm³/mol. The number of aryl methyl sites for hydroxylation is 2. The highest BCUT2D eigenvalue weighted by Crippen LogP contribution is 2.46. The number of carbonyl (C=O) groups is 3. The van der Waals surface area contributed by atoms with Crippen LogP contribution >= 0.6 is 0 Å². The van der Waals surface area contributed by atoms with Gasteiger partial charge >= 0.3 is 0 Å². The van der Waals surface area contributed by atoms with Gasteiger partial charge in [0.2, 0.25) is 0 Å². The number of Topliss-reactive ketones (excluding diaryl/α,β-unsaturated/α-hetero) is 2. The SMILES string of the molecule is CC#Cc1cc(C)c(C2C(=O)CC3(CCN(C(=O)C4=NOCC4)CC3)CC2=O)c(C)c1. The quantitative estimate of drug-likeness (QED) is 0.544. The number of oxime groups is 1. The molecule has 162 valence electrons. The summed E-state index contributed by atoms with van der Waals surface area (Å²) in [5.74, 6) is 5.20. The first-order valence-electron chi connectivity index (χ1n) is 10.9. The fourth-order valence-electron chi connectivity index (χ4n) is 5.33. The summed E-state index contributed by atoms with van der Waals surface area (Å²) in [5.41, 5.74) is 3.78. The van der Waals surface area contributed by atoms with Gasteiger partial charge in [-0.05, 0) is 67.9 Å². The molecule has 0 bridgehead atoms. The number of hydrogen-bond acceptors (Lipinski definition) is 5. The maximum atomic E-state index is 13.3. The Morgan fingerprint density at radius 3 is 2.26 bits per heavy atom. The summed E-state index contributed by atoms with van der Waals surface area (Å²) in [6.07, 6.45) is 2.66. The average Bonchev–Trinajstić information content (AvgIpc) is 3.25. The summed E-state index contributed by atoms with van der Waals surface area (Å²) in [6, 6.07) is 3.92. The third-order valence-corrected chi connectivity index (χ3v) is 6.86. The number of carbonyl (C=O) groups excluding carboxylic acids is 3. The number of piperidine rings is 1. The van der Waals surface area contributed by atoms with Crippen molar-refractivity contribution in [3.05, 3.63) is 34.4 Å². The molecule has 1 saturated carbocycles. The molecule has 1 spiro atoms. The number of nitrogens with zero attached hydrogens (tertiary/aromatic N) is 2. The van der Waals surface area contributed by atoms with Gasteiger partial charge in [0.25, 0.3) is 5.91 Å². The van der Waals surface area contributed by atoms with E-state index in [2.05, 4.69) is 17.0 Å². The van der Waals surface area contributed by atoms with E-state index in [9.17, 15) is 14.4 Å². The van der Waals surface area contributed by atoms with Gasteiger partial charge in [-0.15, -0.1) is 5.92 Å². The lowest BCUT2D eigenvalue weighted by atomic mass is 9.62. The highest BCUT2D eigenvalue weighted by Gasteiger charge is 2.48. The molecule has 4 rings (SSSR count). The minimum absolute atomic E-state index is 0.00474. The molecule has 0 unspecified atom stereocenters. The molecule has 1 aromatic carbocycles. The van der Waals surface area contributed by atoms with Crippen molar-refractivity contribution in [1.82, 2.24) is 4.90 Å². The standard InChI is InChI=1S/C25H28N2O4/c1-4-5-18-12-16(2)22(17(3)13-18)23-20(28)14-25(15-21(23)29)7-9-27(10-8-25)24(30)19-6-11-31-26-19/h12-13,23H,6-11,14-15H2,1-3H3. The second kappa shape index (κ2) is 8.30. The van der Waals surface area contributed by atoms with E-state index in [4.69, 9.17) is 4.84 Å². The number of rotatable bonds is 2. The third-order valence-electron chi connectivity index (χ3n) is 6.86. The maximum Gasteiger partial charge on any atom is 0.271 e. The Labute approximate surface area is 183 Å². The molecule has 0 aromatic heterocycles. The van der Waals surface area contributed by atoms with Crippen molar-refractivity contribution in [3.8, 4) is 11.8 Å². The van der Waals surface area contributed by atoms with E-state index < -0.39 is 5.92 Å². The first-order chi connectivity index (χ1) is 14.8. The van der Waals surface area contributed by atoms with Crippen LogP contribution in [-0.2, 0) is 19.2 Å². The monoisotopic (exact) mass is 420 g/mol. The first kappa shape index (κ1) is 21.3. The Morgan fingerprint density at radius 1 is 1.13 bits per heavy atom. The fraction of sp³-hybridized carbons (Fsp3) is 0.520. The van der Waals surface area contributed by atoms with Crippen LogP contribution in [0.1, 0.15) is 67.2 Å². The number of hydrogen-bond donors (Lipinski definition) is 0. The largest absolute Gasteiger partial charge is 0.395 e. The molecule has 2 fully saturated rings. The zero-order valence-electron chi connectivity index (χ0n) is 18.4. The number of ketones is 2. The molecular weight excluding hydrogens is 392 g/mol. The van der Waals surface area contributed by atoms with Gasteiger partial charge in [0.1, 0.15) is 29.8 Å². The van der Waals surface area contributed by atoms with Crippen LogP contribution in [0.4, 0.5) is 0 Å². The van der Waals surface area contributed by atoms with Crippen molar-refractivity contribution in [1.29, 1.82) is 0 Å². The summed E-state index contributed by atoms with van der Waals surface area (Å²) >= 11 is 0. The normalized spacial score (nSPS) is 20.9. The van der Waals surface area contributed by atoms with Crippen molar-refractivity contribution >= 4 is 23.2 Å². The van der Waals surface area contributed by atoms with Crippen LogP contribution in [0.25, 0.3) is 0 Å². The second-order valence-electron chi connectivity index (χ2n) is 9.03. The van der Waals surface area contributed by atoms with Gasteiger partial charge in [-0.3, -0.25) is 14.4 Å². The molecular formula is C25H28N2O4. The molecule has 0 N–H and O–H groups in total. The molecule has 0 radical (unpaired) electrons. The van der Waals surface area contributed by atoms with Gasteiger partial charge in [0.15, 0.2) is 0 Å². The zero-order chi connectivity index (χ0) is 22.2. The molecule has 1 aromatic rings. The van der Waals surface area contributed by atoms with Crippen molar-refractivity contribution in [3.63, 3.8) is 0 Å². The van der Waals surface area contributed by atoms with Crippen molar-refractivity contribution in [2.75, 3.05) is 19.7 Å². The minimum atomic E-state index is -0.682. The smallest absolute Gasteiger partial charge is 0.271 e. The Hall–Kier alpha value is -2.94. The molecule has 31 heavy (non-hydrogen) atoms. The van der Waals surface area contributed by atoms with Crippen molar-refractivity contribution in [2.24, 2.45) is 10.6 Å². The lowest BCUT2D eigenvalue weighted by Crippen LogP contribution is -2.49. The summed E-state index contributed by atoms with van der Waals surface area (Å²) in [6.45, 7) is 7.24. The fourth-order valence-corrected chi connectivity index (χ4v) is 5.33. The Balaban J connectivity index is 1.49. The topological polar surface area (TPSA) is 76.0 Å². The Bertz CT molecular complexity index is 992. The van der Waals surface area contributed by atoms with Crippen LogP contribution < -0.4 is 0 Å². The minimum Gasteiger partial charge on any atom is -0.395 e. The zero-order valence-corrected chi connectivity index (χ0v) is 18.4. The van der Waals surface area contributed by atoms with Gasteiger partial charge in [0, 0.05) is 37.9 Å². The predicted octanol–water partition coefficient (Wildman–Crippen LogP) is 3.08. The van der Waals surface area contributed by atoms with E-state index in [1.165, 1.54) is 0 Å². The average molecular weight is 421 g/mol. The van der Waals surface area contributed by atoms with Gasteiger partial charge in [-0.25, -0.2) is 0 Å². The summed E-state index contributed by atoms with van der Waals surface area (Å²) in [5, 5.41) is 3.83. The Morgan fingerprint density at radius 2 is 1.74 bits per heavy atom. The molecule has 2 heterocycles. The molecule has 6 nitrogen and oxygen atoms in total. The third kappa shape index (κ3) is 4.01. The highest BCUT2D eigenvalue weighted by molar-refractivity contribution is 6.38. The molecule has 3 aliphatic rings. The molecule has 2 aliphatic heterocycles. The van der Waals surface area contributed by atoms with Crippen LogP contribution in [0.3, 0.4) is 0 Å². The second-order valence-corrected chi connectivity index (χ2v) is 9.03. The van der Waals surface area contributed by atoms with Crippen molar-refractivity contribution < 1.29 is 19.2 Å². The molecule has 1 saturated heterocycles. The van der Waals surface area contributed by atoms with E-state index in [-0.39, 0.29) is 22.9 Å². The van der Waals surface area contributed by atoms with Gasteiger partial charge in [-0.2, -0.15) is 0 Å². The van der Waals surface area contributed by atoms with Crippen LogP contribution in [0.2, 0.25) is 0 Å². The van der Waals surface area contributed by atoms with E-state index in [1.54, 1.807) is 11.8 Å². The summed E-state index contributed by atoms with van der Waals surface area (Å²) < 4.78 is 0. The molecule has 1 aliphatic carbocycles. The van der Waals surface area contributed by atoms with Crippen LogP contribution in [0.5, 0.6) is 0 Å². The summed E-state index contributed by atoms with van der Waals surface area (Å²) in [7, 11) is 0. The maximum absolute atomic E-state index is 13.3. The lowest BCUT2D eigenvalue weighted by Gasteiger charge is -2.44. The van der Waals surface area contributed by atoms with E-state index in [1.807, 2.05) is 26.0 Å². The van der Waals surface area contributed by atoms with E-state index in [0.29, 0.717) is 57.5 Å². The Kier molecular flexibility index (Phi) is 5.70. The molecule has 0 atom stereocenters. The van der Waals surface area contributed by atoms with E-state index >= 15 is 0 Å². The van der Waals surface area contributed by atoms with Crippen molar-refractivity contribution in [2.45, 2.75) is 58.8 Å². The van der Waals surface area contributed by atoms with Gasteiger partial charge < -0.3 is 9.74 Å². The lowest BCUT2D eigenvalue weighted by molar-refractivity contribution is -0.139. The van der Waals surface area contributed by atoms with Gasteiger partial charge in [-0.1, -0.05) is 11.1 Å². The molecule has 1 amide bonds. The highest BCUT2D eigenvalue weighted by atomic mass is 16.6.